The molecule has 4 heteroatoms. The molecule has 2 heterocycles. The van der Waals surface area contributed by atoms with Crippen molar-refractivity contribution in [3.8, 4) is 0 Å². The Balaban J connectivity index is 1.99. The molecule has 2 saturated heterocycles. The zero-order valence-corrected chi connectivity index (χ0v) is 7.49. The van der Waals surface area contributed by atoms with E-state index in [0.717, 1.165) is 12.8 Å². The second kappa shape index (κ2) is 3.46. The third-order valence-corrected chi connectivity index (χ3v) is 2.65. The number of carbonyl (C=O) groups is 2. The summed E-state index contributed by atoms with van der Waals surface area (Å²) in [6.45, 7) is 1.74. The topological polar surface area (TPSA) is 46.6 Å². The molecule has 2 aliphatic rings. The van der Waals surface area contributed by atoms with Gasteiger partial charge < -0.3 is 9.64 Å². The molecule has 0 aromatic heterocycles. The Bertz CT molecular complexity index is 233. The minimum atomic E-state index is -0.00287. The number of ether oxygens (including phenoxy) is 1. The molecule has 0 atom stereocenters. The van der Waals surface area contributed by atoms with Crippen molar-refractivity contribution in [2.24, 2.45) is 0 Å². The van der Waals surface area contributed by atoms with Gasteiger partial charge in [0.25, 0.3) is 0 Å². The molecule has 1 amide bonds. The molecule has 0 bridgehead atoms. The average molecular weight is 183 g/mol. The first-order valence-electron chi connectivity index (χ1n) is 4.66. The first-order valence-corrected chi connectivity index (χ1v) is 4.66. The molecule has 0 saturated carbocycles. The standard InChI is InChI=1S/C9H13NO3/c11-8-5-9(12)10(6-8)7-1-3-13-4-2-7/h7H,1-6H2. The van der Waals surface area contributed by atoms with Crippen molar-refractivity contribution in [1.82, 2.24) is 4.90 Å². The van der Waals surface area contributed by atoms with E-state index in [-0.39, 0.29) is 24.2 Å². The van der Waals surface area contributed by atoms with Crippen LogP contribution in [-0.2, 0) is 14.3 Å². The average Bonchev–Trinajstić information content (AvgIpc) is 2.47. The van der Waals surface area contributed by atoms with Gasteiger partial charge in [-0.2, -0.15) is 0 Å². The van der Waals surface area contributed by atoms with Crippen LogP contribution >= 0.6 is 0 Å². The Morgan fingerprint density at radius 3 is 2.46 bits per heavy atom. The molecule has 13 heavy (non-hydrogen) atoms. The van der Waals surface area contributed by atoms with Crippen LogP contribution in [0.4, 0.5) is 0 Å². The first kappa shape index (κ1) is 8.69. The van der Waals surface area contributed by atoms with Gasteiger partial charge in [-0.3, -0.25) is 9.59 Å². The highest BCUT2D eigenvalue weighted by molar-refractivity contribution is 6.05. The highest BCUT2D eigenvalue weighted by Gasteiger charge is 2.33. The van der Waals surface area contributed by atoms with Crippen LogP contribution in [0.3, 0.4) is 0 Å². The van der Waals surface area contributed by atoms with Crippen LogP contribution in [0.5, 0.6) is 0 Å². The summed E-state index contributed by atoms with van der Waals surface area (Å²) in [5.41, 5.74) is 0. The van der Waals surface area contributed by atoms with E-state index < -0.39 is 0 Å². The fourth-order valence-corrected chi connectivity index (χ4v) is 1.93. The molecular weight excluding hydrogens is 170 g/mol. The predicted molar refractivity (Wildman–Crippen MR) is 45.2 cm³/mol. The fourth-order valence-electron chi connectivity index (χ4n) is 1.93. The van der Waals surface area contributed by atoms with Gasteiger partial charge in [-0.15, -0.1) is 0 Å². The molecule has 0 N–H and O–H groups in total. The predicted octanol–water partition coefficient (Wildman–Crippen LogP) is -0.0332. The fraction of sp³-hybridized carbons (Fsp3) is 0.778. The Labute approximate surface area is 76.8 Å². The number of nitrogens with zero attached hydrogens (tertiary/aromatic N) is 1. The number of hydrogen-bond donors (Lipinski definition) is 0. The second-order valence-corrected chi connectivity index (χ2v) is 3.58. The lowest BCUT2D eigenvalue weighted by atomic mass is 10.1. The lowest BCUT2D eigenvalue weighted by molar-refractivity contribution is -0.131. The lowest BCUT2D eigenvalue weighted by Crippen LogP contribution is -2.40. The second-order valence-electron chi connectivity index (χ2n) is 3.58. The summed E-state index contributed by atoms with van der Waals surface area (Å²) in [6.07, 6.45) is 1.86. The van der Waals surface area contributed by atoms with Crippen LogP contribution in [-0.4, -0.2) is 42.4 Å². The third-order valence-electron chi connectivity index (χ3n) is 2.65. The van der Waals surface area contributed by atoms with Crippen molar-refractivity contribution in [3.63, 3.8) is 0 Å². The molecule has 0 radical (unpaired) electrons. The van der Waals surface area contributed by atoms with Crippen LogP contribution in [0.15, 0.2) is 0 Å². The molecule has 4 nitrogen and oxygen atoms in total. The van der Waals surface area contributed by atoms with Gasteiger partial charge in [0, 0.05) is 19.3 Å². The summed E-state index contributed by atoms with van der Waals surface area (Å²) in [4.78, 5) is 24.1. The number of rotatable bonds is 1. The number of carbonyl (C=O) groups excluding carboxylic acids is 2. The van der Waals surface area contributed by atoms with Gasteiger partial charge >= 0.3 is 0 Å². The minimum Gasteiger partial charge on any atom is -0.381 e. The molecule has 0 aromatic carbocycles. The highest BCUT2D eigenvalue weighted by Crippen LogP contribution is 2.19. The SMILES string of the molecule is O=C1CC(=O)N(C2CCOCC2)C1. The Kier molecular flexibility index (Phi) is 2.31. The quantitative estimate of drug-likeness (QED) is 0.536. The maximum atomic E-state index is 11.3. The van der Waals surface area contributed by atoms with Crippen molar-refractivity contribution in [3.05, 3.63) is 0 Å². The smallest absolute Gasteiger partial charge is 0.230 e. The van der Waals surface area contributed by atoms with Crippen LogP contribution in [0.1, 0.15) is 19.3 Å². The Morgan fingerprint density at radius 2 is 1.92 bits per heavy atom. The number of hydrogen-bond acceptors (Lipinski definition) is 3. The first-order chi connectivity index (χ1) is 6.27. The van der Waals surface area contributed by atoms with Crippen molar-refractivity contribution in [2.75, 3.05) is 19.8 Å². The van der Waals surface area contributed by atoms with E-state index in [0.29, 0.717) is 19.8 Å². The van der Waals surface area contributed by atoms with Gasteiger partial charge in [0.1, 0.15) is 0 Å². The van der Waals surface area contributed by atoms with Crippen molar-refractivity contribution in [1.29, 1.82) is 0 Å². The maximum absolute atomic E-state index is 11.3. The molecular formula is C9H13NO3. The highest BCUT2D eigenvalue weighted by atomic mass is 16.5. The van der Waals surface area contributed by atoms with Gasteiger partial charge in [0.2, 0.25) is 5.91 Å². The maximum Gasteiger partial charge on any atom is 0.230 e. The summed E-state index contributed by atoms with van der Waals surface area (Å²) in [6, 6.07) is 0.243. The number of amides is 1. The molecule has 0 unspecified atom stereocenters. The van der Waals surface area contributed by atoms with E-state index in [2.05, 4.69) is 0 Å². The van der Waals surface area contributed by atoms with E-state index in [1.54, 1.807) is 4.90 Å². The van der Waals surface area contributed by atoms with Crippen LogP contribution in [0.2, 0.25) is 0 Å². The van der Waals surface area contributed by atoms with E-state index in [1.165, 1.54) is 0 Å². The van der Waals surface area contributed by atoms with Gasteiger partial charge in [0.05, 0.1) is 13.0 Å². The van der Waals surface area contributed by atoms with E-state index in [4.69, 9.17) is 4.74 Å². The zero-order valence-electron chi connectivity index (χ0n) is 7.49. The number of likely N-dealkylation sites (tertiary alicyclic amines) is 1. The number of Topliss-reactive ketones (excluding diaryl/α,β-unsaturated/α-hetero) is 1. The lowest BCUT2D eigenvalue weighted by Gasteiger charge is -2.30. The van der Waals surface area contributed by atoms with Crippen LogP contribution < -0.4 is 0 Å². The van der Waals surface area contributed by atoms with Crippen molar-refractivity contribution in [2.45, 2.75) is 25.3 Å². The van der Waals surface area contributed by atoms with Gasteiger partial charge in [0.15, 0.2) is 5.78 Å². The van der Waals surface area contributed by atoms with Crippen molar-refractivity contribution >= 4 is 11.7 Å². The summed E-state index contributed by atoms with van der Waals surface area (Å²) in [7, 11) is 0. The van der Waals surface area contributed by atoms with Crippen molar-refractivity contribution < 1.29 is 14.3 Å². The molecule has 2 fully saturated rings. The summed E-state index contributed by atoms with van der Waals surface area (Å²) < 4.78 is 5.20. The zero-order chi connectivity index (χ0) is 9.26. The third kappa shape index (κ3) is 1.72. The summed E-state index contributed by atoms with van der Waals surface area (Å²) >= 11 is 0. The number of ketones is 1. The largest absolute Gasteiger partial charge is 0.381 e. The monoisotopic (exact) mass is 183 g/mol. The Morgan fingerprint density at radius 1 is 1.23 bits per heavy atom. The normalized spacial score (nSPS) is 25.7. The summed E-state index contributed by atoms with van der Waals surface area (Å²) in [5.74, 6) is 0.0494. The van der Waals surface area contributed by atoms with Gasteiger partial charge in [-0.05, 0) is 12.8 Å². The van der Waals surface area contributed by atoms with E-state index in [1.807, 2.05) is 0 Å². The molecule has 72 valence electrons. The van der Waals surface area contributed by atoms with Crippen LogP contribution in [0, 0.1) is 0 Å². The minimum absolute atomic E-state index is 0.00287. The summed E-state index contributed by atoms with van der Waals surface area (Å²) in [5, 5.41) is 0. The van der Waals surface area contributed by atoms with Crippen LogP contribution in [0.25, 0.3) is 0 Å². The van der Waals surface area contributed by atoms with E-state index >= 15 is 0 Å². The van der Waals surface area contributed by atoms with Gasteiger partial charge in [-0.25, -0.2) is 0 Å². The van der Waals surface area contributed by atoms with Gasteiger partial charge in [-0.1, -0.05) is 0 Å². The molecule has 0 spiro atoms. The molecule has 0 aromatic rings. The molecule has 2 aliphatic heterocycles. The molecule has 2 rings (SSSR count). The Hall–Kier alpha value is -0.900. The molecule has 0 aliphatic carbocycles. The van der Waals surface area contributed by atoms with E-state index in [9.17, 15) is 9.59 Å².